The Kier molecular flexibility index (Phi) is 5.03. The highest BCUT2D eigenvalue weighted by Crippen LogP contribution is 2.31. The van der Waals surface area contributed by atoms with E-state index in [0.717, 1.165) is 0 Å². The summed E-state index contributed by atoms with van der Waals surface area (Å²) in [5.74, 6) is -6.20. The van der Waals surface area contributed by atoms with Crippen molar-refractivity contribution in [2.75, 3.05) is 18.8 Å². The lowest BCUT2D eigenvalue weighted by Crippen LogP contribution is -2.13. The van der Waals surface area contributed by atoms with E-state index in [1.807, 2.05) is 0 Å². The third-order valence-corrected chi connectivity index (χ3v) is 2.83. The van der Waals surface area contributed by atoms with E-state index in [1.54, 1.807) is 0 Å². The number of halogens is 4. The summed E-state index contributed by atoms with van der Waals surface area (Å²) < 4.78 is 55.2. The van der Waals surface area contributed by atoms with Crippen molar-refractivity contribution < 1.29 is 17.6 Å². The lowest BCUT2D eigenvalue weighted by atomic mass is 10.2. The Balaban J connectivity index is 2.92. The second-order valence-corrected chi connectivity index (χ2v) is 4.04. The molecule has 0 unspecified atom stereocenters. The van der Waals surface area contributed by atoms with Gasteiger partial charge in [-0.1, -0.05) is 0 Å². The maximum absolute atomic E-state index is 13.3. The van der Waals surface area contributed by atoms with Gasteiger partial charge in [-0.05, 0) is 24.9 Å². The Morgan fingerprint density at radius 1 is 1.00 bits per heavy atom. The molecule has 0 aromatic heterocycles. The summed E-state index contributed by atoms with van der Waals surface area (Å²) in [6, 6.07) is 0. The van der Waals surface area contributed by atoms with E-state index >= 15 is 0 Å². The van der Waals surface area contributed by atoms with Gasteiger partial charge in [0.1, 0.15) is 10.6 Å². The highest BCUT2D eigenvalue weighted by Gasteiger charge is 2.23. The minimum Gasteiger partial charge on any atom is -0.394 e. The normalized spacial score (nSPS) is 10.9. The average Bonchev–Trinajstić information content (AvgIpc) is 2.33. The zero-order valence-corrected chi connectivity index (χ0v) is 9.51. The Morgan fingerprint density at radius 3 is 2.00 bits per heavy atom. The second kappa shape index (κ2) is 6.08. The van der Waals surface area contributed by atoms with Gasteiger partial charge in [0.25, 0.3) is 0 Å². The SMILES string of the molecule is NCCCNSc1c(F)c(F)c(N)c(F)c1F. The monoisotopic (exact) mass is 269 g/mol. The van der Waals surface area contributed by atoms with Crippen LogP contribution in [-0.2, 0) is 0 Å². The van der Waals surface area contributed by atoms with Gasteiger partial charge in [0, 0.05) is 6.54 Å². The molecule has 1 aromatic carbocycles. The average molecular weight is 269 g/mol. The van der Waals surface area contributed by atoms with E-state index in [-0.39, 0.29) is 0 Å². The fraction of sp³-hybridized carbons (Fsp3) is 0.333. The summed E-state index contributed by atoms with van der Waals surface area (Å²) in [6.45, 7) is 0.747. The summed E-state index contributed by atoms with van der Waals surface area (Å²) in [4.78, 5) is -0.786. The van der Waals surface area contributed by atoms with E-state index < -0.39 is 33.9 Å². The Bertz CT molecular complexity index is 385. The molecule has 8 heteroatoms. The fourth-order valence-electron chi connectivity index (χ4n) is 1.02. The van der Waals surface area contributed by atoms with Crippen LogP contribution in [0.5, 0.6) is 0 Å². The molecule has 0 bridgehead atoms. The zero-order chi connectivity index (χ0) is 13.0. The molecule has 0 aliphatic heterocycles. The van der Waals surface area contributed by atoms with Crippen LogP contribution in [0.3, 0.4) is 0 Å². The van der Waals surface area contributed by atoms with Gasteiger partial charge in [0.15, 0.2) is 23.3 Å². The molecular formula is C9H11F4N3S. The van der Waals surface area contributed by atoms with Crippen LogP contribution in [0.1, 0.15) is 6.42 Å². The molecule has 0 saturated carbocycles. The van der Waals surface area contributed by atoms with Crippen molar-refractivity contribution >= 4 is 17.6 Å². The van der Waals surface area contributed by atoms with Crippen LogP contribution in [-0.4, -0.2) is 13.1 Å². The lowest BCUT2D eigenvalue weighted by molar-refractivity contribution is 0.431. The molecule has 0 aliphatic carbocycles. The third-order valence-electron chi connectivity index (χ3n) is 1.91. The van der Waals surface area contributed by atoms with Gasteiger partial charge in [-0.2, -0.15) is 0 Å². The largest absolute Gasteiger partial charge is 0.394 e. The summed E-state index contributed by atoms with van der Waals surface area (Å²) in [7, 11) is 0. The highest BCUT2D eigenvalue weighted by atomic mass is 32.2. The Labute approximate surface area is 99.7 Å². The number of nitrogens with two attached hydrogens (primary N) is 2. The number of hydrogen-bond donors (Lipinski definition) is 3. The van der Waals surface area contributed by atoms with E-state index in [4.69, 9.17) is 11.5 Å². The molecular weight excluding hydrogens is 258 g/mol. The molecule has 0 aliphatic rings. The summed E-state index contributed by atoms with van der Waals surface area (Å²) in [6.07, 6.45) is 0.566. The molecule has 1 aromatic rings. The fourth-order valence-corrected chi connectivity index (χ4v) is 1.76. The second-order valence-electron chi connectivity index (χ2n) is 3.14. The maximum atomic E-state index is 13.3. The van der Waals surface area contributed by atoms with Crippen molar-refractivity contribution in [3.63, 3.8) is 0 Å². The predicted molar refractivity (Wildman–Crippen MR) is 58.2 cm³/mol. The molecule has 0 fully saturated rings. The first-order valence-corrected chi connectivity index (χ1v) is 5.53. The van der Waals surface area contributed by atoms with E-state index in [2.05, 4.69) is 4.72 Å². The van der Waals surface area contributed by atoms with Crippen molar-refractivity contribution in [3.8, 4) is 0 Å². The van der Waals surface area contributed by atoms with Crippen molar-refractivity contribution in [1.82, 2.24) is 4.72 Å². The lowest BCUT2D eigenvalue weighted by Gasteiger charge is -2.09. The van der Waals surface area contributed by atoms with E-state index in [9.17, 15) is 17.6 Å². The van der Waals surface area contributed by atoms with Crippen LogP contribution >= 0.6 is 11.9 Å². The van der Waals surface area contributed by atoms with Crippen molar-refractivity contribution in [2.24, 2.45) is 5.73 Å². The van der Waals surface area contributed by atoms with Gasteiger partial charge in [-0.25, -0.2) is 17.6 Å². The van der Waals surface area contributed by atoms with E-state index in [1.165, 1.54) is 0 Å². The Morgan fingerprint density at radius 2 is 1.53 bits per heavy atom. The zero-order valence-electron chi connectivity index (χ0n) is 8.70. The van der Waals surface area contributed by atoms with Gasteiger partial charge < -0.3 is 11.5 Å². The van der Waals surface area contributed by atoms with Gasteiger partial charge >= 0.3 is 0 Å². The minimum atomic E-state index is -1.59. The molecule has 0 amide bonds. The predicted octanol–water partition coefficient (Wildman–Crippen LogP) is 1.77. The number of hydrogen-bond acceptors (Lipinski definition) is 4. The maximum Gasteiger partial charge on any atom is 0.186 e. The number of rotatable bonds is 5. The third kappa shape index (κ3) is 3.02. The standard InChI is InChI=1S/C9H11F4N3S/c10-4-6(12)9(17-16-3-1-2-14)7(13)5(11)8(4)15/h16H,1-3,14-15H2. The molecule has 0 radical (unpaired) electrons. The van der Waals surface area contributed by atoms with Crippen molar-refractivity contribution in [1.29, 1.82) is 0 Å². The summed E-state index contributed by atoms with van der Waals surface area (Å²) in [5.41, 5.74) is 8.89. The highest BCUT2D eigenvalue weighted by molar-refractivity contribution is 7.97. The Hall–Kier alpha value is -0.990. The van der Waals surface area contributed by atoms with Crippen LogP contribution < -0.4 is 16.2 Å². The summed E-state index contributed by atoms with van der Waals surface area (Å²) in [5, 5.41) is 0. The number of anilines is 1. The molecule has 17 heavy (non-hydrogen) atoms. The first kappa shape index (κ1) is 14.1. The van der Waals surface area contributed by atoms with Crippen molar-refractivity contribution in [2.45, 2.75) is 11.3 Å². The van der Waals surface area contributed by atoms with Crippen LogP contribution in [0.15, 0.2) is 4.90 Å². The van der Waals surface area contributed by atoms with Gasteiger partial charge in [0.2, 0.25) is 0 Å². The van der Waals surface area contributed by atoms with Gasteiger partial charge in [-0.15, -0.1) is 0 Å². The molecule has 0 spiro atoms. The smallest absolute Gasteiger partial charge is 0.186 e. The van der Waals surface area contributed by atoms with Crippen LogP contribution in [0.2, 0.25) is 0 Å². The molecule has 1 rings (SSSR count). The molecule has 0 heterocycles. The van der Waals surface area contributed by atoms with Gasteiger partial charge in [0.05, 0.1) is 0 Å². The van der Waals surface area contributed by atoms with Gasteiger partial charge in [-0.3, -0.25) is 4.72 Å². The first-order valence-electron chi connectivity index (χ1n) is 4.71. The molecule has 96 valence electrons. The van der Waals surface area contributed by atoms with Crippen LogP contribution in [0.25, 0.3) is 0 Å². The number of benzene rings is 1. The molecule has 5 N–H and O–H groups in total. The summed E-state index contributed by atoms with van der Waals surface area (Å²) >= 11 is 0.460. The number of nitrogen functional groups attached to an aromatic ring is 1. The topological polar surface area (TPSA) is 64.1 Å². The quantitative estimate of drug-likeness (QED) is 0.251. The minimum absolute atomic E-state index is 0.355. The number of nitrogens with one attached hydrogen (secondary N) is 1. The first-order chi connectivity index (χ1) is 8.00. The molecule has 0 atom stereocenters. The van der Waals surface area contributed by atoms with E-state index in [0.29, 0.717) is 31.5 Å². The van der Waals surface area contributed by atoms with Crippen LogP contribution in [0.4, 0.5) is 23.2 Å². The molecule has 3 nitrogen and oxygen atoms in total. The van der Waals surface area contributed by atoms with Crippen LogP contribution in [0, 0.1) is 23.3 Å². The van der Waals surface area contributed by atoms with Crippen molar-refractivity contribution in [3.05, 3.63) is 23.3 Å². The molecule has 0 saturated heterocycles.